The summed E-state index contributed by atoms with van der Waals surface area (Å²) in [6, 6.07) is 7.18. The molecule has 9 rings (SSSR count). The number of likely N-dealkylation sites (N-methyl/N-ethyl adjacent to an activating group) is 2. The van der Waals surface area contributed by atoms with Crippen molar-refractivity contribution in [1.82, 2.24) is 45.3 Å². The summed E-state index contributed by atoms with van der Waals surface area (Å²) >= 11 is 12.0. The summed E-state index contributed by atoms with van der Waals surface area (Å²) in [5.41, 5.74) is 1.28. The quantitative estimate of drug-likeness (QED) is 0.290. The summed E-state index contributed by atoms with van der Waals surface area (Å²) in [4.78, 5) is 69.1. The van der Waals surface area contributed by atoms with Crippen LogP contribution in [0, 0.1) is 0 Å². The van der Waals surface area contributed by atoms with E-state index in [0.29, 0.717) is 10.0 Å². The predicted molar refractivity (Wildman–Crippen MR) is 263 cm³/mol. The molecule has 0 spiro atoms. The summed E-state index contributed by atoms with van der Waals surface area (Å²) in [5, 5.41) is 18.6. The van der Waals surface area contributed by atoms with E-state index < -0.39 is 11.9 Å². The number of rotatable bonds is 7. The molecule has 0 aliphatic carbocycles. The molecule has 5 unspecified atom stereocenters. The van der Waals surface area contributed by atoms with E-state index >= 15 is 0 Å². The number of carboxylic acids is 1. The molecule has 8 aliphatic heterocycles. The number of amides is 3. The van der Waals surface area contributed by atoms with Gasteiger partial charge in [-0.05, 0) is 135 Å². The molecule has 3 amide bonds. The van der Waals surface area contributed by atoms with E-state index in [9.17, 15) is 24.0 Å². The van der Waals surface area contributed by atoms with Crippen LogP contribution in [0.1, 0.15) is 102 Å². The number of hydrogen-bond acceptors (Lipinski definition) is 12. The molecular weight excluding hydrogens is 898 g/mol. The van der Waals surface area contributed by atoms with Gasteiger partial charge in [-0.25, -0.2) is 0 Å². The average Bonchev–Trinajstić information content (AvgIpc) is 3.35. The Labute approximate surface area is 410 Å². The van der Waals surface area contributed by atoms with E-state index in [-0.39, 0.29) is 48.9 Å². The number of nitrogens with one attached hydrogen (secondary N) is 3. The van der Waals surface area contributed by atoms with Crippen LogP contribution in [-0.4, -0.2) is 207 Å². The second kappa shape index (κ2) is 29.2. The van der Waals surface area contributed by atoms with Gasteiger partial charge in [-0.2, -0.15) is 0 Å². The summed E-state index contributed by atoms with van der Waals surface area (Å²) < 4.78 is 4.45. The second-order valence-electron chi connectivity index (χ2n) is 19.3. The van der Waals surface area contributed by atoms with Gasteiger partial charge in [0.1, 0.15) is 18.6 Å². The highest BCUT2D eigenvalue weighted by atomic mass is 35.5. The van der Waals surface area contributed by atoms with Crippen LogP contribution < -0.4 is 16.0 Å². The maximum Gasteiger partial charge on any atom is 0.325 e. The molecule has 16 nitrogen and oxygen atoms in total. The second-order valence-corrected chi connectivity index (χ2v) is 20.1. The maximum atomic E-state index is 11.7. The number of nitrogens with zero attached hydrogens (tertiary/aromatic N) is 6. The van der Waals surface area contributed by atoms with Crippen LogP contribution in [0.25, 0.3) is 0 Å². The number of aliphatic carboxylic acids is 1. The van der Waals surface area contributed by atoms with E-state index in [4.69, 9.17) is 28.3 Å². The van der Waals surface area contributed by atoms with Crippen molar-refractivity contribution in [3.8, 4) is 0 Å². The van der Waals surface area contributed by atoms with Gasteiger partial charge in [-0.3, -0.25) is 43.6 Å². The fraction of sp³-hybridized carbons (Fsp3) is 0.776. The van der Waals surface area contributed by atoms with Gasteiger partial charge in [0.2, 0.25) is 17.7 Å². The minimum Gasteiger partial charge on any atom is -0.480 e. The van der Waals surface area contributed by atoms with E-state index in [1.54, 1.807) is 4.90 Å². The summed E-state index contributed by atoms with van der Waals surface area (Å²) in [5.74, 6) is -1.08. The predicted octanol–water partition coefficient (Wildman–Crippen LogP) is 3.96. The molecule has 18 heteroatoms. The number of halogens is 2. The number of likely N-dealkylation sites (tertiary alicyclic amines) is 2. The lowest BCUT2D eigenvalue weighted by Crippen LogP contribution is -2.59. The molecule has 378 valence electrons. The minimum atomic E-state index is -0.679. The molecule has 0 aromatic heterocycles. The largest absolute Gasteiger partial charge is 0.480 e. The van der Waals surface area contributed by atoms with Crippen molar-refractivity contribution >= 4 is 52.9 Å². The average molecular weight is 979 g/mol. The van der Waals surface area contributed by atoms with Gasteiger partial charge in [0, 0.05) is 64.4 Å². The third kappa shape index (κ3) is 18.0. The Morgan fingerprint density at radius 2 is 1.37 bits per heavy atom. The highest BCUT2D eigenvalue weighted by molar-refractivity contribution is 6.42. The Morgan fingerprint density at radius 1 is 0.746 bits per heavy atom. The molecular formula is C49H81Cl2N9O7. The van der Waals surface area contributed by atoms with E-state index in [1.807, 2.05) is 36.0 Å². The number of methoxy groups -OCH3 is 1. The molecule has 5 atom stereocenters. The number of esters is 1. The van der Waals surface area contributed by atoms with Crippen LogP contribution in [0.5, 0.6) is 0 Å². The third-order valence-corrected chi connectivity index (χ3v) is 15.4. The Balaban J connectivity index is 0.000000161. The smallest absolute Gasteiger partial charge is 0.325 e. The SMILES string of the molecule is C1CCN2CCNCC2C1.CN1CCCCC1C(=O)O.COC(=O)CNC(=O)C1CCCCN1C.Clc1ccc(CCN2CCN3CCCCC3C2)cc1Cl.O=C1NCC(=O)N2CCCCC12. The van der Waals surface area contributed by atoms with Gasteiger partial charge < -0.3 is 35.6 Å². The first kappa shape index (κ1) is 54.8. The molecule has 1 aromatic rings. The van der Waals surface area contributed by atoms with Crippen molar-refractivity contribution < 1.29 is 33.8 Å². The number of ether oxygens (including phenoxy) is 1. The molecule has 1 aromatic carbocycles. The van der Waals surface area contributed by atoms with Gasteiger partial charge in [0.25, 0.3) is 0 Å². The lowest BCUT2D eigenvalue weighted by Gasteiger charge is -2.44. The fourth-order valence-corrected chi connectivity index (χ4v) is 10.8. The number of carbonyl (C=O) groups excluding carboxylic acids is 4. The van der Waals surface area contributed by atoms with Crippen LogP contribution in [0.4, 0.5) is 0 Å². The molecule has 8 aliphatic rings. The molecule has 8 heterocycles. The minimum absolute atomic E-state index is 0.0225. The van der Waals surface area contributed by atoms with Crippen molar-refractivity contribution in [3.05, 3.63) is 33.8 Å². The number of piperidine rings is 5. The first-order valence-electron chi connectivity index (χ1n) is 25.2. The van der Waals surface area contributed by atoms with E-state index in [0.717, 1.165) is 102 Å². The van der Waals surface area contributed by atoms with Crippen LogP contribution in [0.15, 0.2) is 18.2 Å². The van der Waals surface area contributed by atoms with Gasteiger partial charge in [0.05, 0.1) is 29.7 Å². The molecule has 8 saturated heterocycles. The van der Waals surface area contributed by atoms with Crippen LogP contribution in [0.2, 0.25) is 10.0 Å². The van der Waals surface area contributed by atoms with Crippen molar-refractivity contribution in [3.63, 3.8) is 0 Å². The normalized spacial score (nSPS) is 27.1. The Morgan fingerprint density at radius 3 is 2.00 bits per heavy atom. The summed E-state index contributed by atoms with van der Waals surface area (Å²) in [7, 11) is 5.11. The zero-order valence-corrected chi connectivity index (χ0v) is 42.2. The Kier molecular flexibility index (Phi) is 23.9. The number of fused-ring (bicyclic) bond motifs is 3. The van der Waals surface area contributed by atoms with E-state index in [2.05, 4.69) is 41.5 Å². The standard InChI is InChI=1S/C16H22Cl2N2.C10H18N2O3.C8H12N2O2.C8H16N2.C7H13NO2/c17-15-5-4-13(11-16(15)18)6-8-19-9-10-20-7-2-1-3-14(20)12-19;1-12-6-4-3-5-8(12)10(14)11-7-9(13)15-2;11-7-5-9-8(12)6-3-1-2-4-10(6)7;1-2-5-10-6-4-9-7-8(10)3-1;1-8-5-3-2-4-6(8)7(9)10/h4-5,11,14H,1-3,6-10,12H2;8H,3-7H2,1-2H3,(H,11,14);6H,1-5H2,(H,9,12);8-9H,1-7H2;6H,2-5H2,1H3,(H,9,10). The third-order valence-electron chi connectivity index (χ3n) is 14.6. The highest BCUT2D eigenvalue weighted by Gasteiger charge is 2.36. The first-order chi connectivity index (χ1) is 32.3. The zero-order chi connectivity index (χ0) is 48.1. The zero-order valence-electron chi connectivity index (χ0n) is 40.7. The lowest BCUT2D eigenvalue weighted by atomic mass is 9.99. The van der Waals surface area contributed by atoms with Crippen LogP contribution >= 0.6 is 23.2 Å². The number of carboxylic acid groups (broad SMARTS) is 1. The fourth-order valence-electron chi connectivity index (χ4n) is 10.5. The van der Waals surface area contributed by atoms with Gasteiger partial charge >= 0.3 is 11.9 Å². The Hall–Kier alpha value is -3.09. The molecule has 0 radical (unpaired) electrons. The lowest BCUT2D eigenvalue weighted by molar-refractivity contribution is -0.147. The number of hydrogen-bond donors (Lipinski definition) is 4. The van der Waals surface area contributed by atoms with Crippen molar-refractivity contribution in [2.45, 2.75) is 133 Å². The van der Waals surface area contributed by atoms with Crippen LogP contribution in [0.3, 0.4) is 0 Å². The molecule has 67 heavy (non-hydrogen) atoms. The van der Waals surface area contributed by atoms with Gasteiger partial charge in [0.15, 0.2) is 0 Å². The highest BCUT2D eigenvalue weighted by Crippen LogP contribution is 2.25. The number of carbonyl (C=O) groups is 5. The Bertz CT molecular complexity index is 1680. The van der Waals surface area contributed by atoms with E-state index in [1.165, 1.54) is 104 Å². The van der Waals surface area contributed by atoms with Crippen molar-refractivity contribution in [1.29, 1.82) is 0 Å². The molecule has 0 saturated carbocycles. The van der Waals surface area contributed by atoms with Crippen molar-refractivity contribution in [2.75, 3.05) is 113 Å². The van der Waals surface area contributed by atoms with Gasteiger partial charge in [-0.1, -0.05) is 55.0 Å². The summed E-state index contributed by atoms with van der Waals surface area (Å²) in [6.07, 6.45) is 18.5. The number of benzene rings is 1. The molecule has 0 bridgehead atoms. The van der Waals surface area contributed by atoms with Gasteiger partial charge in [-0.15, -0.1) is 0 Å². The topological polar surface area (TPSA) is 170 Å². The van der Waals surface area contributed by atoms with Crippen LogP contribution in [-0.2, 0) is 35.1 Å². The number of piperazine rings is 3. The molecule has 4 N–H and O–H groups in total. The monoisotopic (exact) mass is 978 g/mol. The first-order valence-corrected chi connectivity index (χ1v) is 26.0. The molecule has 8 fully saturated rings. The van der Waals surface area contributed by atoms with Crippen molar-refractivity contribution in [2.24, 2.45) is 0 Å². The summed E-state index contributed by atoms with van der Waals surface area (Å²) in [6.45, 7) is 14.0. The maximum absolute atomic E-state index is 11.7.